The number of hydrogen-bond acceptors (Lipinski definition) is 4. The lowest BCUT2D eigenvalue weighted by atomic mass is 10.1. The van der Waals surface area contributed by atoms with Gasteiger partial charge in [0.15, 0.2) is 5.96 Å². The Kier molecular flexibility index (Phi) is 9.54. The van der Waals surface area contributed by atoms with Crippen molar-refractivity contribution in [2.75, 3.05) is 39.3 Å². The third-order valence-corrected chi connectivity index (χ3v) is 6.05. The predicted molar refractivity (Wildman–Crippen MR) is 140 cm³/mol. The minimum atomic E-state index is -0.0126. The van der Waals surface area contributed by atoms with Gasteiger partial charge in [0, 0.05) is 50.6 Å². The Hall–Kier alpha value is -2.14. The number of likely N-dealkylation sites (tertiary alicyclic amines) is 1. The topological polar surface area (TPSA) is 75.0 Å². The van der Waals surface area contributed by atoms with Crippen LogP contribution in [-0.4, -0.2) is 70.8 Å². The lowest BCUT2D eigenvalue weighted by Gasteiger charge is -2.34. The maximum atomic E-state index is 12.7. The molecule has 2 aromatic rings. The number of carbonyl (C=O) groups is 1. The lowest BCUT2D eigenvalue weighted by Crippen LogP contribution is -2.48. The highest BCUT2D eigenvalue weighted by atomic mass is 127. The molecule has 2 saturated heterocycles. The van der Waals surface area contributed by atoms with E-state index in [1.165, 1.54) is 6.42 Å². The molecule has 0 saturated carbocycles. The van der Waals surface area contributed by atoms with E-state index in [0.29, 0.717) is 13.2 Å². The van der Waals surface area contributed by atoms with Crippen molar-refractivity contribution < 1.29 is 9.53 Å². The van der Waals surface area contributed by atoms with Gasteiger partial charge in [-0.2, -0.15) is 5.10 Å². The number of aliphatic imine (C=N–C) groups is 1. The van der Waals surface area contributed by atoms with Gasteiger partial charge in [-0.25, -0.2) is 4.99 Å². The third-order valence-electron chi connectivity index (χ3n) is 6.05. The van der Waals surface area contributed by atoms with Gasteiger partial charge >= 0.3 is 0 Å². The van der Waals surface area contributed by atoms with Crippen molar-refractivity contribution in [2.45, 2.75) is 38.8 Å². The average Bonchev–Trinajstić information content (AvgIpc) is 3.28. The van der Waals surface area contributed by atoms with E-state index in [2.05, 4.69) is 22.2 Å². The normalized spacial score (nSPS) is 19.2. The first kappa shape index (κ1) is 25.5. The van der Waals surface area contributed by atoms with E-state index in [1.807, 2.05) is 48.6 Å². The Labute approximate surface area is 213 Å². The van der Waals surface area contributed by atoms with Crippen molar-refractivity contribution in [1.82, 2.24) is 24.9 Å². The first-order valence-electron chi connectivity index (χ1n) is 11.7. The molecule has 2 aliphatic rings. The van der Waals surface area contributed by atoms with Gasteiger partial charge in [0.1, 0.15) is 6.10 Å². The first-order chi connectivity index (χ1) is 15.6. The molecule has 1 atom stereocenters. The molecule has 1 aromatic carbocycles. The number of benzene rings is 1. The van der Waals surface area contributed by atoms with Gasteiger partial charge in [0.2, 0.25) is 0 Å². The maximum absolute atomic E-state index is 12.7. The Balaban J connectivity index is 0.00000306. The zero-order valence-electron chi connectivity index (χ0n) is 19.6. The van der Waals surface area contributed by atoms with E-state index in [1.54, 1.807) is 4.68 Å². The van der Waals surface area contributed by atoms with Crippen molar-refractivity contribution in [3.8, 4) is 0 Å². The standard InChI is InChI=1S/C24H34N6O2.HI/c1-3-25-24(30-13-14-32-22(18-30)21-16-27-28(2)17-21)26-15-19-7-9-20(10-8-19)23(31)29-11-5-4-6-12-29;/h7-10,16-17,22H,3-6,11-15,18H2,1-2H3,(H,25,26);1H. The van der Waals surface area contributed by atoms with Crippen LogP contribution in [0, 0.1) is 0 Å². The van der Waals surface area contributed by atoms with Gasteiger partial charge in [-0.05, 0) is 43.9 Å². The summed E-state index contributed by atoms with van der Waals surface area (Å²) in [7, 11) is 1.92. The maximum Gasteiger partial charge on any atom is 0.253 e. The molecule has 0 aliphatic carbocycles. The minimum Gasteiger partial charge on any atom is -0.370 e. The van der Waals surface area contributed by atoms with E-state index in [4.69, 9.17) is 9.73 Å². The highest BCUT2D eigenvalue weighted by Crippen LogP contribution is 2.22. The number of nitrogens with zero attached hydrogens (tertiary/aromatic N) is 5. The predicted octanol–water partition coefficient (Wildman–Crippen LogP) is 3.20. The Bertz CT molecular complexity index is 923. The van der Waals surface area contributed by atoms with E-state index in [0.717, 1.165) is 68.2 Å². The number of morpholine rings is 1. The number of piperidine rings is 1. The Morgan fingerprint density at radius 1 is 1.15 bits per heavy atom. The van der Waals surface area contributed by atoms with Crippen LogP contribution in [0.4, 0.5) is 0 Å². The first-order valence-corrected chi connectivity index (χ1v) is 11.7. The third kappa shape index (κ3) is 6.69. The van der Waals surface area contributed by atoms with Crippen LogP contribution in [0.25, 0.3) is 0 Å². The number of ether oxygens (including phenoxy) is 1. The summed E-state index contributed by atoms with van der Waals surface area (Å²) in [4.78, 5) is 21.8. The molecule has 1 amide bonds. The van der Waals surface area contributed by atoms with Gasteiger partial charge in [-0.1, -0.05) is 12.1 Å². The zero-order chi connectivity index (χ0) is 22.3. The smallest absolute Gasteiger partial charge is 0.253 e. The summed E-state index contributed by atoms with van der Waals surface area (Å²) in [6, 6.07) is 7.90. The molecule has 3 heterocycles. The highest BCUT2D eigenvalue weighted by molar-refractivity contribution is 14.0. The fourth-order valence-electron chi connectivity index (χ4n) is 4.27. The second-order valence-electron chi connectivity index (χ2n) is 8.47. The highest BCUT2D eigenvalue weighted by Gasteiger charge is 2.25. The minimum absolute atomic E-state index is 0. The quantitative estimate of drug-likeness (QED) is 0.342. The second kappa shape index (κ2) is 12.4. The van der Waals surface area contributed by atoms with Crippen LogP contribution in [0.3, 0.4) is 0 Å². The Morgan fingerprint density at radius 3 is 2.58 bits per heavy atom. The van der Waals surface area contributed by atoms with Crippen molar-refractivity contribution in [3.63, 3.8) is 0 Å². The summed E-state index contributed by atoms with van der Waals surface area (Å²) >= 11 is 0. The van der Waals surface area contributed by atoms with Crippen LogP contribution in [0.5, 0.6) is 0 Å². The summed E-state index contributed by atoms with van der Waals surface area (Å²) in [6.45, 7) is 7.37. The molecule has 180 valence electrons. The molecule has 2 aliphatic heterocycles. The number of hydrogen-bond donors (Lipinski definition) is 1. The molecule has 2 fully saturated rings. The summed E-state index contributed by atoms with van der Waals surface area (Å²) in [5.41, 5.74) is 2.94. The summed E-state index contributed by atoms with van der Waals surface area (Å²) in [5, 5.41) is 7.68. The monoisotopic (exact) mass is 566 g/mol. The van der Waals surface area contributed by atoms with Crippen LogP contribution in [-0.2, 0) is 18.3 Å². The number of rotatable bonds is 5. The van der Waals surface area contributed by atoms with E-state index in [9.17, 15) is 4.79 Å². The van der Waals surface area contributed by atoms with Gasteiger partial charge in [0.25, 0.3) is 5.91 Å². The number of carbonyl (C=O) groups excluding carboxylic acids is 1. The van der Waals surface area contributed by atoms with Crippen molar-refractivity contribution in [3.05, 3.63) is 53.3 Å². The summed E-state index contributed by atoms with van der Waals surface area (Å²) in [5.74, 6) is 1.03. The van der Waals surface area contributed by atoms with Gasteiger partial charge in [0.05, 0.1) is 25.9 Å². The summed E-state index contributed by atoms with van der Waals surface area (Å²) in [6.07, 6.45) is 7.29. The van der Waals surface area contributed by atoms with Gasteiger partial charge in [-0.3, -0.25) is 9.48 Å². The molecule has 33 heavy (non-hydrogen) atoms. The number of guanidine groups is 1. The van der Waals surface area contributed by atoms with Gasteiger partial charge < -0.3 is 19.9 Å². The van der Waals surface area contributed by atoms with Crippen LogP contribution in [0.15, 0.2) is 41.7 Å². The molecule has 0 radical (unpaired) electrons. The van der Waals surface area contributed by atoms with E-state index >= 15 is 0 Å². The number of aromatic nitrogens is 2. The Morgan fingerprint density at radius 2 is 1.91 bits per heavy atom. The molecule has 8 nitrogen and oxygen atoms in total. The fourth-order valence-corrected chi connectivity index (χ4v) is 4.27. The van der Waals surface area contributed by atoms with Crippen LogP contribution in [0.2, 0.25) is 0 Å². The molecule has 4 rings (SSSR count). The molecule has 9 heteroatoms. The number of halogens is 1. The number of amides is 1. The van der Waals surface area contributed by atoms with Crippen LogP contribution in [0.1, 0.15) is 53.8 Å². The largest absolute Gasteiger partial charge is 0.370 e. The molecule has 1 aromatic heterocycles. The molecule has 1 N–H and O–H groups in total. The molecular formula is C24H35IN6O2. The van der Waals surface area contributed by atoms with Crippen LogP contribution < -0.4 is 5.32 Å². The van der Waals surface area contributed by atoms with Crippen molar-refractivity contribution in [1.29, 1.82) is 0 Å². The average molecular weight is 566 g/mol. The van der Waals surface area contributed by atoms with Crippen molar-refractivity contribution in [2.24, 2.45) is 12.0 Å². The second-order valence-corrected chi connectivity index (χ2v) is 8.47. The lowest BCUT2D eigenvalue weighted by molar-refractivity contribution is -0.00805. The van der Waals surface area contributed by atoms with Crippen LogP contribution >= 0.6 is 24.0 Å². The summed E-state index contributed by atoms with van der Waals surface area (Å²) < 4.78 is 7.77. The number of aryl methyl sites for hydroxylation is 1. The van der Waals surface area contributed by atoms with E-state index in [-0.39, 0.29) is 36.0 Å². The molecular weight excluding hydrogens is 531 g/mol. The fraction of sp³-hybridized carbons (Fsp3) is 0.542. The van der Waals surface area contributed by atoms with Crippen molar-refractivity contribution >= 4 is 35.8 Å². The van der Waals surface area contributed by atoms with Gasteiger partial charge in [-0.15, -0.1) is 24.0 Å². The number of nitrogens with one attached hydrogen (secondary N) is 1. The molecule has 0 bridgehead atoms. The molecule has 0 spiro atoms. The molecule has 1 unspecified atom stereocenters. The zero-order valence-corrected chi connectivity index (χ0v) is 21.9. The SMILES string of the molecule is CCNC(=NCc1ccc(C(=O)N2CCCCC2)cc1)N1CCOC(c2cnn(C)c2)C1.I. The van der Waals surface area contributed by atoms with E-state index < -0.39 is 0 Å².